The van der Waals surface area contributed by atoms with Crippen LogP contribution in [0.5, 0.6) is 0 Å². The second-order valence-corrected chi connectivity index (χ2v) is 5.96. The highest BCUT2D eigenvalue weighted by atomic mass is 16.6. The second-order valence-electron chi connectivity index (χ2n) is 5.96. The summed E-state index contributed by atoms with van der Waals surface area (Å²) in [6.45, 7) is 10.8. The van der Waals surface area contributed by atoms with Crippen LogP contribution in [0.15, 0.2) is 0 Å². The molecule has 3 N–H and O–H groups in total. The van der Waals surface area contributed by atoms with Gasteiger partial charge in [-0.1, -0.05) is 13.8 Å². The van der Waals surface area contributed by atoms with Crippen molar-refractivity contribution >= 4 is 6.09 Å². The van der Waals surface area contributed by atoms with Crippen LogP contribution in [0.4, 0.5) is 4.79 Å². The quantitative estimate of drug-likeness (QED) is 0.693. The Morgan fingerprint density at radius 1 is 1.21 bits per heavy atom. The van der Waals surface area contributed by atoms with Crippen molar-refractivity contribution in [3.05, 3.63) is 0 Å². The minimum Gasteiger partial charge on any atom is -0.444 e. The van der Waals surface area contributed by atoms with Crippen molar-refractivity contribution in [2.75, 3.05) is 0 Å². The van der Waals surface area contributed by atoms with Gasteiger partial charge >= 0.3 is 6.09 Å². The summed E-state index contributed by atoms with van der Waals surface area (Å²) >= 11 is 0. The van der Waals surface area contributed by atoms with Crippen LogP contribution >= 0.6 is 0 Å². The minimum atomic E-state index is -0.857. The van der Waals surface area contributed by atoms with Crippen LogP contribution < -0.4 is 5.32 Å². The average molecular weight is 275 g/mol. The molecule has 0 saturated heterocycles. The van der Waals surface area contributed by atoms with Crippen LogP contribution in [0.1, 0.15) is 54.4 Å². The van der Waals surface area contributed by atoms with Crippen molar-refractivity contribution in [1.29, 1.82) is 0 Å². The summed E-state index contributed by atoms with van der Waals surface area (Å²) in [6, 6.07) is -0.218. The van der Waals surface area contributed by atoms with Gasteiger partial charge in [0.2, 0.25) is 0 Å². The summed E-state index contributed by atoms with van der Waals surface area (Å²) in [5, 5.41) is 22.3. The maximum atomic E-state index is 11.8. The van der Waals surface area contributed by atoms with Crippen LogP contribution in [0.2, 0.25) is 0 Å². The van der Waals surface area contributed by atoms with Gasteiger partial charge < -0.3 is 20.3 Å². The number of aliphatic hydroxyl groups excluding tert-OH is 2. The Kier molecular flexibility index (Phi) is 7.37. The van der Waals surface area contributed by atoms with E-state index in [9.17, 15) is 15.0 Å². The fraction of sp³-hybridized carbons (Fsp3) is 0.929. The molecule has 0 rings (SSSR count). The molecule has 1 amide bonds. The summed E-state index contributed by atoms with van der Waals surface area (Å²) in [6.07, 6.45) is -0.832. The molecule has 0 aliphatic carbocycles. The number of alkyl carbamates (subject to hydrolysis) is 1. The molecule has 0 aromatic heterocycles. The average Bonchev–Trinajstić information content (AvgIpc) is 2.25. The molecule has 0 radical (unpaired) electrons. The first kappa shape index (κ1) is 18.2. The van der Waals surface area contributed by atoms with E-state index in [1.807, 2.05) is 13.8 Å². The molecule has 5 heteroatoms. The first-order chi connectivity index (χ1) is 8.62. The van der Waals surface area contributed by atoms with Gasteiger partial charge in [0.15, 0.2) is 0 Å². The van der Waals surface area contributed by atoms with Gasteiger partial charge in [0.1, 0.15) is 5.60 Å². The molecule has 19 heavy (non-hydrogen) atoms. The summed E-state index contributed by atoms with van der Waals surface area (Å²) in [4.78, 5) is 11.8. The number of hydrogen-bond acceptors (Lipinski definition) is 4. The highest BCUT2D eigenvalue weighted by Gasteiger charge is 2.30. The van der Waals surface area contributed by atoms with Gasteiger partial charge in [0, 0.05) is 12.0 Å². The predicted octanol–water partition coefficient (Wildman–Crippen LogP) is 2.06. The predicted molar refractivity (Wildman–Crippen MR) is 74.9 cm³/mol. The van der Waals surface area contributed by atoms with Crippen LogP contribution in [-0.4, -0.2) is 40.2 Å². The van der Waals surface area contributed by atoms with Gasteiger partial charge in [0.05, 0.1) is 12.2 Å². The lowest BCUT2D eigenvalue weighted by molar-refractivity contribution is -0.0219. The normalized spacial score (nSPS) is 18.3. The van der Waals surface area contributed by atoms with Crippen LogP contribution in [0.3, 0.4) is 0 Å². The van der Waals surface area contributed by atoms with E-state index >= 15 is 0 Å². The van der Waals surface area contributed by atoms with Gasteiger partial charge in [0.25, 0.3) is 0 Å². The summed E-state index contributed by atoms with van der Waals surface area (Å²) < 4.78 is 5.21. The summed E-state index contributed by atoms with van der Waals surface area (Å²) in [5.41, 5.74) is -0.549. The molecule has 0 unspecified atom stereocenters. The monoisotopic (exact) mass is 275 g/mol. The van der Waals surface area contributed by atoms with E-state index < -0.39 is 23.9 Å². The Balaban J connectivity index is 4.67. The van der Waals surface area contributed by atoms with Crippen molar-refractivity contribution in [2.45, 2.75) is 78.2 Å². The van der Waals surface area contributed by atoms with E-state index in [4.69, 9.17) is 4.74 Å². The first-order valence-electron chi connectivity index (χ1n) is 6.98. The fourth-order valence-electron chi connectivity index (χ4n) is 2.09. The smallest absolute Gasteiger partial charge is 0.407 e. The maximum absolute atomic E-state index is 11.8. The first-order valence-corrected chi connectivity index (χ1v) is 6.98. The Labute approximate surface area is 116 Å². The van der Waals surface area contributed by atoms with Crippen molar-refractivity contribution in [3.63, 3.8) is 0 Å². The number of aliphatic hydroxyl groups is 2. The van der Waals surface area contributed by atoms with Crippen molar-refractivity contribution in [3.8, 4) is 0 Å². The van der Waals surface area contributed by atoms with Crippen molar-refractivity contribution in [2.24, 2.45) is 5.92 Å². The van der Waals surface area contributed by atoms with E-state index in [2.05, 4.69) is 5.32 Å². The number of rotatable bonds is 6. The lowest BCUT2D eigenvalue weighted by Gasteiger charge is -2.32. The third-order valence-electron chi connectivity index (χ3n) is 3.06. The lowest BCUT2D eigenvalue weighted by Crippen LogP contribution is -2.48. The molecule has 0 fully saturated rings. The van der Waals surface area contributed by atoms with Crippen LogP contribution in [-0.2, 0) is 4.74 Å². The molecule has 0 spiro atoms. The van der Waals surface area contributed by atoms with Crippen LogP contribution in [0, 0.1) is 5.92 Å². The Morgan fingerprint density at radius 3 is 2.05 bits per heavy atom. The zero-order valence-corrected chi connectivity index (χ0v) is 12.9. The van der Waals surface area contributed by atoms with E-state index in [1.165, 1.54) is 0 Å². The number of nitrogens with one attached hydrogen (secondary N) is 1. The zero-order valence-electron chi connectivity index (χ0n) is 12.9. The summed E-state index contributed by atoms with van der Waals surface area (Å²) in [7, 11) is 0. The molecule has 0 aromatic rings. The van der Waals surface area contributed by atoms with Gasteiger partial charge in [-0.05, 0) is 40.5 Å². The van der Waals surface area contributed by atoms with Gasteiger partial charge in [-0.3, -0.25) is 0 Å². The molecule has 0 bridgehead atoms. The highest BCUT2D eigenvalue weighted by Crippen LogP contribution is 2.20. The van der Waals surface area contributed by atoms with E-state index in [0.29, 0.717) is 12.8 Å². The molecule has 0 saturated carbocycles. The number of amides is 1. The number of carbonyl (C=O) groups excluding carboxylic acids is 1. The van der Waals surface area contributed by atoms with E-state index in [0.717, 1.165) is 0 Å². The molecule has 0 aliphatic rings. The minimum absolute atomic E-state index is 0.197. The fourth-order valence-corrected chi connectivity index (χ4v) is 2.09. The van der Waals surface area contributed by atoms with Crippen molar-refractivity contribution < 1.29 is 19.7 Å². The highest BCUT2D eigenvalue weighted by molar-refractivity contribution is 5.68. The molecule has 114 valence electrons. The third-order valence-corrected chi connectivity index (χ3v) is 3.06. The number of carbonyl (C=O) groups is 1. The largest absolute Gasteiger partial charge is 0.444 e. The van der Waals surface area contributed by atoms with E-state index in [1.54, 1.807) is 27.7 Å². The topological polar surface area (TPSA) is 78.8 Å². The van der Waals surface area contributed by atoms with Gasteiger partial charge in [-0.2, -0.15) is 0 Å². The molecule has 0 heterocycles. The SMILES string of the molecule is CC[C@@H]([C@@H](O)[C@@H](C)O)[C@H](CC)NC(=O)OC(C)(C)C. The van der Waals surface area contributed by atoms with Gasteiger partial charge in [-0.15, -0.1) is 0 Å². The van der Waals surface area contributed by atoms with E-state index in [-0.39, 0.29) is 12.0 Å². The molecule has 5 nitrogen and oxygen atoms in total. The molecule has 0 aromatic carbocycles. The molecule has 4 atom stereocenters. The number of hydrogen-bond donors (Lipinski definition) is 3. The Bertz CT molecular complexity index is 273. The number of ether oxygens (including phenoxy) is 1. The standard InChI is InChI=1S/C14H29NO4/c1-7-10(12(17)9(3)16)11(8-2)15-13(18)19-14(4,5)6/h9-12,16-17H,7-8H2,1-6H3,(H,15,18)/t9-,10-,11+,12+/m1/s1. The van der Waals surface area contributed by atoms with Gasteiger partial charge in [-0.25, -0.2) is 4.79 Å². The van der Waals surface area contributed by atoms with Crippen molar-refractivity contribution in [1.82, 2.24) is 5.32 Å². The second kappa shape index (κ2) is 7.70. The lowest BCUT2D eigenvalue weighted by atomic mass is 9.87. The molecule has 0 aliphatic heterocycles. The molecular weight excluding hydrogens is 246 g/mol. The summed E-state index contributed by atoms with van der Waals surface area (Å²) in [5.74, 6) is -0.197. The maximum Gasteiger partial charge on any atom is 0.407 e. The molecular formula is C14H29NO4. The Hall–Kier alpha value is -0.810. The Morgan fingerprint density at radius 2 is 1.74 bits per heavy atom. The third kappa shape index (κ3) is 6.78. The van der Waals surface area contributed by atoms with Crippen LogP contribution in [0.25, 0.3) is 0 Å². The zero-order chi connectivity index (χ0) is 15.2.